The summed E-state index contributed by atoms with van der Waals surface area (Å²) in [4.78, 5) is 10.4. The summed E-state index contributed by atoms with van der Waals surface area (Å²) in [6.07, 6.45) is 2.23. The smallest absolute Gasteiger partial charge is 0.304 e. The quantitative estimate of drug-likeness (QED) is 0.733. The highest BCUT2D eigenvalue weighted by molar-refractivity contribution is 5.98. The lowest BCUT2D eigenvalue weighted by molar-refractivity contribution is -0.136. The molecule has 0 atom stereocenters. The Hall–Kier alpha value is -1.81. The molecule has 0 spiro atoms. The minimum Gasteiger partial charge on any atom is -0.496 e. The van der Waals surface area contributed by atoms with E-state index in [1.807, 2.05) is 18.2 Å². The molecule has 1 aliphatic rings. The zero-order valence-electron chi connectivity index (χ0n) is 9.69. The lowest BCUT2D eigenvalue weighted by Crippen LogP contribution is -2.22. The molecule has 1 aromatic carbocycles. The maximum atomic E-state index is 10.4. The SMILES string of the molecule is COc1cccc2c1C(CNCCC(=O)O)=C2. The second-order valence-electron chi connectivity index (χ2n) is 3.91. The second kappa shape index (κ2) is 5.01. The van der Waals surface area contributed by atoms with Crippen LogP contribution in [0.1, 0.15) is 17.5 Å². The van der Waals surface area contributed by atoms with Crippen LogP contribution in [0.5, 0.6) is 5.75 Å². The van der Waals surface area contributed by atoms with Crippen LogP contribution in [-0.2, 0) is 4.79 Å². The molecule has 0 radical (unpaired) electrons. The van der Waals surface area contributed by atoms with Crippen LogP contribution in [0.15, 0.2) is 18.2 Å². The molecule has 1 aromatic rings. The number of rotatable bonds is 6. The fourth-order valence-corrected chi connectivity index (χ4v) is 1.92. The molecule has 0 bridgehead atoms. The summed E-state index contributed by atoms with van der Waals surface area (Å²) < 4.78 is 5.29. The molecule has 4 nitrogen and oxygen atoms in total. The molecule has 4 heteroatoms. The number of benzene rings is 1. The summed E-state index contributed by atoms with van der Waals surface area (Å²) in [5, 5.41) is 11.6. The number of carbonyl (C=O) groups is 1. The van der Waals surface area contributed by atoms with E-state index in [9.17, 15) is 4.79 Å². The third-order valence-corrected chi connectivity index (χ3v) is 2.76. The fraction of sp³-hybridized carbons (Fsp3) is 0.308. The highest BCUT2D eigenvalue weighted by Gasteiger charge is 2.19. The molecule has 0 aromatic heterocycles. The average Bonchev–Trinajstić information content (AvgIpc) is 2.28. The van der Waals surface area contributed by atoms with Crippen molar-refractivity contribution in [1.82, 2.24) is 5.32 Å². The first-order valence-electron chi connectivity index (χ1n) is 5.53. The third kappa shape index (κ3) is 2.47. The van der Waals surface area contributed by atoms with Gasteiger partial charge in [-0.1, -0.05) is 12.1 Å². The molecular formula is C13H15NO3. The summed E-state index contributed by atoms with van der Waals surface area (Å²) in [6, 6.07) is 5.94. The minimum atomic E-state index is -0.780. The van der Waals surface area contributed by atoms with Gasteiger partial charge in [-0.25, -0.2) is 0 Å². The van der Waals surface area contributed by atoms with Crippen molar-refractivity contribution in [3.8, 4) is 5.75 Å². The van der Waals surface area contributed by atoms with Gasteiger partial charge >= 0.3 is 5.97 Å². The highest BCUT2D eigenvalue weighted by atomic mass is 16.5. The van der Waals surface area contributed by atoms with E-state index in [0.29, 0.717) is 13.1 Å². The van der Waals surface area contributed by atoms with Gasteiger partial charge in [0.1, 0.15) is 5.75 Å². The highest BCUT2D eigenvalue weighted by Crippen LogP contribution is 2.38. The molecule has 17 heavy (non-hydrogen) atoms. The molecule has 0 heterocycles. The van der Waals surface area contributed by atoms with Crippen LogP contribution in [0.2, 0.25) is 0 Å². The van der Waals surface area contributed by atoms with Gasteiger partial charge in [-0.2, -0.15) is 0 Å². The molecule has 1 aliphatic carbocycles. The van der Waals surface area contributed by atoms with Crippen molar-refractivity contribution < 1.29 is 14.6 Å². The van der Waals surface area contributed by atoms with Gasteiger partial charge in [0.2, 0.25) is 0 Å². The largest absolute Gasteiger partial charge is 0.496 e. The Bertz CT molecular complexity index is 466. The van der Waals surface area contributed by atoms with Crippen molar-refractivity contribution in [2.45, 2.75) is 6.42 Å². The number of carboxylic acids is 1. The van der Waals surface area contributed by atoms with Gasteiger partial charge in [0.25, 0.3) is 0 Å². The van der Waals surface area contributed by atoms with Crippen molar-refractivity contribution >= 4 is 17.6 Å². The zero-order valence-corrected chi connectivity index (χ0v) is 9.69. The van der Waals surface area contributed by atoms with E-state index in [2.05, 4.69) is 11.4 Å². The van der Waals surface area contributed by atoms with E-state index in [1.165, 1.54) is 11.1 Å². The topological polar surface area (TPSA) is 58.6 Å². The standard InChI is InChI=1S/C13H15NO3/c1-17-11-4-2-3-9-7-10(13(9)11)8-14-6-5-12(15)16/h2-4,7,14H,5-6,8H2,1H3,(H,15,16). The Morgan fingerprint density at radius 3 is 3.00 bits per heavy atom. The molecule has 0 amide bonds. The molecular weight excluding hydrogens is 218 g/mol. The van der Waals surface area contributed by atoms with Crippen LogP contribution < -0.4 is 10.1 Å². The number of fused-ring (bicyclic) bond motifs is 1. The Morgan fingerprint density at radius 1 is 1.47 bits per heavy atom. The molecule has 2 N–H and O–H groups in total. The lowest BCUT2D eigenvalue weighted by atomic mass is 9.87. The molecule has 0 unspecified atom stereocenters. The summed E-state index contributed by atoms with van der Waals surface area (Å²) in [6.45, 7) is 1.16. The fourth-order valence-electron chi connectivity index (χ4n) is 1.92. The van der Waals surface area contributed by atoms with E-state index < -0.39 is 5.97 Å². The first-order valence-corrected chi connectivity index (χ1v) is 5.53. The van der Waals surface area contributed by atoms with Gasteiger partial charge in [-0.3, -0.25) is 4.79 Å². The van der Waals surface area contributed by atoms with Crippen LogP contribution >= 0.6 is 0 Å². The number of ether oxygens (including phenoxy) is 1. The summed E-state index contributed by atoms with van der Waals surface area (Å²) in [7, 11) is 1.66. The van der Waals surface area contributed by atoms with Crippen molar-refractivity contribution in [2.24, 2.45) is 0 Å². The third-order valence-electron chi connectivity index (χ3n) is 2.76. The molecule has 0 aliphatic heterocycles. The van der Waals surface area contributed by atoms with Crippen molar-refractivity contribution in [2.75, 3.05) is 20.2 Å². The predicted molar refractivity (Wildman–Crippen MR) is 66.0 cm³/mol. The molecule has 90 valence electrons. The van der Waals surface area contributed by atoms with E-state index in [4.69, 9.17) is 9.84 Å². The van der Waals surface area contributed by atoms with Crippen LogP contribution in [0, 0.1) is 0 Å². The monoisotopic (exact) mass is 233 g/mol. The van der Waals surface area contributed by atoms with Crippen molar-refractivity contribution in [3.63, 3.8) is 0 Å². The van der Waals surface area contributed by atoms with Gasteiger partial charge in [-0.15, -0.1) is 0 Å². The maximum Gasteiger partial charge on any atom is 0.304 e. The normalized spacial score (nSPS) is 12.4. The van der Waals surface area contributed by atoms with E-state index in [1.54, 1.807) is 7.11 Å². The van der Waals surface area contributed by atoms with Crippen LogP contribution in [0.4, 0.5) is 0 Å². The number of nitrogens with one attached hydrogen (secondary N) is 1. The molecule has 0 saturated heterocycles. The average molecular weight is 233 g/mol. The van der Waals surface area contributed by atoms with Gasteiger partial charge < -0.3 is 15.2 Å². The Morgan fingerprint density at radius 2 is 2.29 bits per heavy atom. The first-order chi connectivity index (χ1) is 8.22. The molecule has 0 fully saturated rings. The predicted octanol–water partition coefficient (Wildman–Crippen LogP) is 1.61. The minimum absolute atomic E-state index is 0.145. The van der Waals surface area contributed by atoms with Crippen LogP contribution in [0.25, 0.3) is 11.6 Å². The Balaban J connectivity index is 1.90. The van der Waals surface area contributed by atoms with Gasteiger partial charge in [0, 0.05) is 18.7 Å². The number of methoxy groups -OCH3 is 1. The second-order valence-corrected chi connectivity index (χ2v) is 3.91. The van der Waals surface area contributed by atoms with Gasteiger partial charge in [0.15, 0.2) is 0 Å². The van der Waals surface area contributed by atoms with Gasteiger partial charge in [0.05, 0.1) is 13.5 Å². The Kier molecular flexibility index (Phi) is 3.44. The lowest BCUT2D eigenvalue weighted by Gasteiger charge is -2.23. The number of hydrogen-bond acceptors (Lipinski definition) is 3. The summed E-state index contributed by atoms with van der Waals surface area (Å²) >= 11 is 0. The summed E-state index contributed by atoms with van der Waals surface area (Å²) in [5.74, 6) is 0.0955. The van der Waals surface area contributed by atoms with Crippen LogP contribution in [0.3, 0.4) is 0 Å². The number of aliphatic carboxylic acids is 1. The maximum absolute atomic E-state index is 10.4. The van der Waals surface area contributed by atoms with Crippen molar-refractivity contribution in [1.29, 1.82) is 0 Å². The Labute approximate surface area is 99.9 Å². The van der Waals surface area contributed by atoms with Crippen LogP contribution in [-0.4, -0.2) is 31.3 Å². The first kappa shape index (κ1) is 11.7. The zero-order chi connectivity index (χ0) is 12.3. The number of hydrogen-bond donors (Lipinski definition) is 2. The van der Waals surface area contributed by atoms with E-state index in [0.717, 1.165) is 11.3 Å². The van der Waals surface area contributed by atoms with E-state index >= 15 is 0 Å². The number of carboxylic acid groups (broad SMARTS) is 1. The summed E-state index contributed by atoms with van der Waals surface area (Å²) in [5.41, 5.74) is 3.49. The molecule has 2 rings (SSSR count). The van der Waals surface area contributed by atoms with E-state index in [-0.39, 0.29) is 6.42 Å². The van der Waals surface area contributed by atoms with Gasteiger partial charge in [-0.05, 0) is 23.3 Å². The molecule has 0 saturated carbocycles. The van der Waals surface area contributed by atoms with Crippen molar-refractivity contribution in [3.05, 3.63) is 29.3 Å².